The zero-order valence-corrected chi connectivity index (χ0v) is 17.7. The summed E-state index contributed by atoms with van der Waals surface area (Å²) in [5.74, 6) is 0.706. The monoisotopic (exact) mass is 412 g/mol. The zero-order valence-electron chi connectivity index (χ0n) is 17.7. The van der Waals surface area contributed by atoms with E-state index in [4.69, 9.17) is 4.74 Å². The van der Waals surface area contributed by atoms with Crippen LogP contribution in [0.5, 0.6) is 5.75 Å². The number of aliphatic hydroxyl groups is 1. The lowest BCUT2D eigenvalue weighted by Crippen LogP contribution is -2.43. The van der Waals surface area contributed by atoms with E-state index < -0.39 is 6.10 Å². The molecule has 2 aliphatic rings. The number of aromatic nitrogens is 2. The highest BCUT2D eigenvalue weighted by molar-refractivity contribution is 5.94. The number of likely N-dealkylation sites (N-methyl/N-ethyl adjacent to an activating group) is 1. The van der Waals surface area contributed by atoms with Crippen LogP contribution < -0.4 is 4.74 Å². The Labute approximate surface area is 178 Å². The fourth-order valence-corrected chi connectivity index (χ4v) is 4.68. The maximum atomic E-state index is 13.0. The molecule has 1 saturated carbocycles. The van der Waals surface area contributed by atoms with Gasteiger partial charge >= 0.3 is 0 Å². The Morgan fingerprint density at radius 3 is 2.67 bits per heavy atom. The molecule has 4 rings (SSSR count). The number of carbonyl (C=O) groups excluding carboxylic acids is 1. The molecule has 1 N–H and O–H groups in total. The number of nitrogens with zero attached hydrogens (tertiary/aromatic N) is 4. The van der Waals surface area contributed by atoms with Crippen LogP contribution in [0, 0.1) is 0 Å². The Balaban J connectivity index is 1.29. The zero-order chi connectivity index (χ0) is 20.9. The number of carbonyl (C=O) groups is 1. The second kappa shape index (κ2) is 9.62. The predicted molar refractivity (Wildman–Crippen MR) is 115 cm³/mol. The van der Waals surface area contributed by atoms with Crippen LogP contribution in [0.3, 0.4) is 0 Å². The minimum absolute atomic E-state index is 0.0385. The third-order valence-electron chi connectivity index (χ3n) is 6.50. The number of likely N-dealkylation sites (tertiary alicyclic amines) is 1. The van der Waals surface area contributed by atoms with Crippen molar-refractivity contribution in [1.29, 1.82) is 0 Å². The molecule has 0 spiro atoms. The molecule has 2 fully saturated rings. The van der Waals surface area contributed by atoms with Crippen LogP contribution in [0.25, 0.3) is 0 Å². The van der Waals surface area contributed by atoms with E-state index in [0.29, 0.717) is 12.2 Å². The topological polar surface area (TPSA) is 70.8 Å². The normalized spacial score (nSPS) is 24.7. The number of imidazole rings is 1. The average molecular weight is 413 g/mol. The lowest BCUT2D eigenvalue weighted by molar-refractivity contribution is 0.0443. The molecule has 30 heavy (non-hydrogen) atoms. The molecule has 1 aromatic carbocycles. The van der Waals surface area contributed by atoms with Crippen molar-refractivity contribution in [3.63, 3.8) is 0 Å². The van der Waals surface area contributed by atoms with E-state index in [1.165, 1.54) is 19.3 Å². The van der Waals surface area contributed by atoms with Gasteiger partial charge in [0.05, 0.1) is 24.5 Å². The Hall–Kier alpha value is -2.38. The lowest BCUT2D eigenvalue weighted by Gasteiger charge is -2.29. The minimum Gasteiger partial charge on any atom is -0.492 e. The van der Waals surface area contributed by atoms with Crippen molar-refractivity contribution in [3.05, 3.63) is 48.5 Å². The second-order valence-corrected chi connectivity index (χ2v) is 8.40. The van der Waals surface area contributed by atoms with E-state index in [-0.39, 0.29) is 18.0 Å². The smallest absolute Gasteiger partial charge is 0.253 e. The summed E-state index contributed by atoms with van der Waals surface area (Å²) in [6.45, 7) is 3.94. The van der Waals surface area contributed by atoms with Gasteiger partial charge in [-0.15, -0.1) is 0 Å². The summed E-state index contributed by atoms with van der Waals surface area (Å²) in [5.41, 5.74) is 0.610. The van der Waals surface area contributed by atoms with Crippen molar-refractivity contribution in [3.8, 4) is 5.75 Å². The molecule has 2 aromatic rings. The van der Waals surface area contributed by atoms with Gasteiger partial charge in [0.25, 0.3) is 5.91 Å². The van der Waals surface area contributed by atoms with Gasteiger partial charge in [-0.25, -0.2) is 4.98 Å². The Bertz CT molecular complexity index is 802. The highest BCUT2D eigenvalue weighted by Gasteiger charge is 2.39. The first-order valence-corrected chi connectivity index (χ1v) is 11.0. The van der Waals surface area contributed by atoms with Crippen molar-refractivity contribution in [2.75, 3.05) is 33.3 Å². The summed E-state index contributed by atoms with van der Waals surface area (Å²) in [5, 5.41) is 10.8. The van der Waals surface area contributed by atoms with E-state index in [9.17, 15) is 9.90 Å². The van der Waals surface area contributed by atoms with E-state index >= 15 is 0 Å². The Morgan fingerprint density at radius 2 is 1.97 bits per heavy atom. The van der Waals surface area contributed by atoms with Crippen LogP contribution in [0.4, 0.5) is 0 Å². The summed E-state index contributed by atoms with van der Waals surface area (Å²) in [7, 11) is 1.77. The van der Waals surface area contributed by atoms with Crippen LogP contribution in [0.15, 0.2) is 43.0 Å². The van der Waals surface area contributed by atoms with Crippen molar-refractivity contribution < 1.29 is 14.6 Å². The Morgan fingerprint density at radius 1 is 1.20 bits per heavy atom. The van der Waals surface area contributed by atoms with Crippen LogP contribution >= 0.6 is 0 Å². The number of amides is 1. The molecule has 7 heteroatoms. The fraction of sp³-hybridized carbons (Fsp3) is 0.565. The molecule has 1 aliphatic carbocycles. The maximum Gasteiger partial charge on any atom is 0.253 e. The third-order valence-corrected chi connectivity index (χ3v) is 6.50. The van der Waals surface area contributed by atoms with Crippen LogP contribution in [0.1, 0.15) is 48.5 Å². The number of piperidine rings is 1. The van der Waals surface area contributed by atoms with Gasteiger partial charge in [0.2, 0.25) is 0 Å². The van der Waals surface area contributed by atoms with E-state index in [2.05, 4.69) is 9.88 Å². The molecule has 1 amide bonds. The lowest BCUT2D eigenvalue weighted by atomic mass is 10.1. The first kappa shape index (κ1) is 20.9. The van der Waals surface area contributed by atoms with Gasteiger partial charge in [-0.05, 0) is 63.0 Å². The molecule has 1 aromatic heterocycles. The molecule has 0 bridgehead atoms. The fourth-order valence-electron chi connectivity index (χ4n) is 4.68. The molecule has 2 heterocycles. The van der Waals surface area contributed by atoms with Gasteiger partial charge in [0.15, 0.2) is 0 Å². The first-order chi connectivity index (χ1) is 14.6. The van der Waals surface area contributed by atoms with Crippen molar-refractivity contribution in [2.45, 2.75) is 50.3 Å². The summed E-state index contributed by atoms with van der Waals surface area (Å²) >= 11 is 0. The van der Waals surface area contributed by atoms with Gasteiger partial charge in [-0.3, -0.25) is 9.69 Å². The van der Waals surface area contributed by atoms with E-state index in [1.807, 2.05) is 35.0 Å². The number of ether oxygens (including phenoxy) is 1. The maximum absolute atomic E-state index is 13.0. The molecule has 0 radical (unpaired) electrons. The largest absolute Gasteiger partial charge is 0.492 e. The SMILES string of the molecule is CN(C(=O)c1ccc(OCCN2CCCCC2)cc1)[C@@H]1CC[C@@H](n2ccnc2)[C@@H]1O. The third kappa shape index (κ3) is 4.68. The number of hydrogen-bond donors (Lipinski definition) is 1. The van der Waals surface area contributed by atoms with Gasteiger partial charge in [-0.1, -0.05) is 6.42 Å². The summed E-state index contributed by atoms with van der Waals surface area (Å²) < 4.78 is 7.79. The van der Waals surface area contributed by atoms with Crippen molar-refractivity contribution in [2.24, 2.45) is 0 Å². The average Bonchev–Trinajstić information content (AvgIpc) is 3.44. The molecular formula is C23H32N4O3. The first-order valence-electron chi connectivity index (χ1n) is 11.0. The molecule has 162 valence electrons. The van der Waals surface area contributed by atoms with Gasteiger partial charge in [0.1, 0.15) is 12.4 Å². The highest BCUT2D eigenvalue weighted by Crippen LogP contribution is 2.33. The predicted octanol–water partition coefficient (Wildman–Crippen LogP) is 2.58. The standard InChI is InChI=1S/C23H32N4O3/c1-25(20-9-10-21(22(20)28)27-14-11-24-17-27)23(29)18-5-7-19(8-6-18)30-16-15-26-12-3-2-4-13-26/h5-8,11,14,17,20-22,28H,2-4,9-10,12-13,15-16H2,1H3/t20-,21-,22-/m1/s1. The summed E-state index contributed by atoms with van der Waals surface area (Å²) in [6.07, 6.45) is 10.2. The van der Waals surface area contributed by atoms with Crippen molar-refractivity contribution in [1.82, 2.24) is 19.4 Å². The van der Waals surface area contributed by atoms with Crippen LogP contribution in [-0.2, 0) is 0 Å². The molecule has 7 nitrogen and oxygen atoms in total. The van der Waals surface area contributed by atoms with Crippen LogP contribution in [0.2, 0.25) is 0 Å². The number of rotatable bonds is 7. The number of aliphatic hydroxyl groups excluding tert-OH is 1. The summed E-state index contributed by atoms with van der Waals surface area (Å²) in [4.78, 5) is 21.1. The summed E-state index contributed by atoms with van der Waals surface area (Å²) in [6, 6.07) is 7.09. The highest BCUT2D eigenvalue weighted by atomic mass is 16.5. The van der Waals surface area contributed by atoms with Gasteiger partial charge < -0.3 is 19.3 Å². The number of hydrogen-bond acceptors (Lipinski definition) is 5. The van der Waals surface area contributed by atoms with Crippen LogP contribution in [-0.4, -0.2) is 75.8 Å². The molecule has 3 atom stereocenters. The molecule has 1 saturated heterocycles. The Kier molecular flexibility index (Phi) is 6.69. The minimum atomic E-state index is -0.606. The molecule has 0 unspecified atom stereocenters. The quantitative estimate of drug-likeness (QED) is 0.757. The second-order valence-electron chi connectivity index (χ2n) is 8.40. The van der Waals surface area contributed by atoms with Gasteiger partial charge in [0, 0.05) is 31.5 Å². The molecule has 1 aliphatic heterocycles. The van der Waals surface area contributed by atoms with Crippen molar-refractivity contribution >= 4 is 5.91 Å². The van der Waals surface area contributed by atoms with E-state index in [0.717, 1.165) is 38.2 Å². The number of benzene rings is 1. The van der Waals surface area contributed by atoms with E-state index in [1.54, 1.807) is 24.5 Å². The van der Waals surface area contributed by atoms with Gasteiger partial charge in [-0.2, -0.15) is 0 Å². The molecular weight excluding hydrogens is 380 g/mol.